The van der Waals surface area contributed by atoms with Crippen molar-refractivity contribution in [3.05, 3.63) is 57.9 Å². The largest absolute Gasteiger partial charge is 0.493 e. The Kier molecular flexibility index (Phi) is 7.63. The molecule has 1 fully saturated rings. The number of carbonyl (C=O) groups excluding carboxylic acids is 1. The topological polar surface area (TPSA) is 88.0 Å². The molecule has 1 unspecified atom stereocenters. The van der Waals surface area contributed by atoms with E-state index in [0.717, 1.165) is 42.9 Å². The zero-order valence-electron chi connectivity index (χ0n) is 18.6. The zero-order valence-corrected chi connectivity index (χ0v) is 18.6. The Morgan fingerprint density at radius 2 is 2.12 bits per heavy atom. The van der Waals surface area contributed by atoms with Crippen LogP contribution in [0.3, 0.4) is 0 Å². The lowest BCUT2D eigenvalue weighted by molar-refractivity contribution is -0.385. The van der Waals surface area contributed by atoms with E-state index >= 15 is 0 Å². The second-order valence-electron chi connectivity index (χ2n) is 7.86. The van der Waals surface area contributed by atoms with Crippen molar-refractivity contribution in [2.75, 3.05) is 43.6 Å². The van der Waals surface area contributed by atoms with Gasteiger partial charge in [-0.25, -0.2) is 4.39 Å². The third-order valence-electron chi connectivity index (χ3n) is 5.72. The molecule has 1 amide bonds. The fourth-order valence-electron chi connectivity index (χ4n) is 3.75. The van der Waals surface area contributed by atoms with Crippen molar-refractivity contribution in [2.45, 2.75) is 32.2 Å². The summed E-state index contributed by atoms with van der Waals surface area (Å²) in [6, 6.07) is 9.17. The molecule has 1 saturated heterocycles. The second-order valence-corrected chi connectivity index (χ2v) is 7.86. The first-order chi connectivity index (χ1) is 15.3. The summed E-state index contributed by atoms with van der Waals surface area (Å²) in [5, 5.41) is 14.8. The number of likely N-dealkylation sites (N-methyl/N-ethyl adjacent to an activating group) is 1. The van der Waals surface area contributed by atoms with E-state index in [1.54, 1.807) is 6.07 Å². The van der Waals surface area contributed by atoms with Gasteiger partial charge in [-0.2, -0.15) is 0 Å². The van der Waals surface area contributed by atoms with E-state index in [1.807, 2.05) is 14.0 Å². The summed E-state index contributed by atoms with van der Waals surface area (Å²) in [5.74, 6) is -0.904. The van der Waals surface area contributed by atoms with Crippen molar-refractivity contribution in [2.24, 2.45) is 0 Å². The van der Waals surface area contributed by atoms with Crippen LogP contribution in [-0.2, 0) is 0 Å². The molecule has 3 rings (SSSR count). The van der Waals surface area contributed by atoms with Crippen LogP contribution in [0, 0.1) is 15.9 Å². The lowest BCUT2D eigenvalue weighted by Crippen LogP contribution is -2.30. The number of anilines is 2. The molecule has 1 heterocycles. The first-order valence-corrected chi connectivity index (χ1v) is 10.8. The first kappa shape index (κ1) is 23.5. The van der Waals surface area contributed by atoms with Crippen LogP contribution in [0.15, 0.2) is 36.4 Å². The molecule has 0 aromatic heterocycles. The summed E-state index contributed by atoms with van der Waals surface area (Å²) >= 11 is 0. The lowest BCUT2D eigenvalue weighted by atomic mass is 10.1. The highest BCUT2D eigenvalue weighted by Gasteiger charge is 2.27. The highest BCUT2D eigenvalue weighted by atomic mass is 19.1. The van der Waals surface area contributed by atoms with E-state index in [-0.39, 0.29) is 16.9 Å². The minimum atomic E-state index is -0.667. The fraction of sp³-hybridized carbons (Fsp3) is 0.435. The molecule has 1 N–H and O–H groups in total. The van der Waals surface area contributed by atoms with E-state index in [2.05, 4.69) is 10.2 Å². The van der Waals surface area contributed by atoms with Gasteiger partial charge >= 0.3 is 0 Å². The van der Waals surface area contributed by atoms with Gasteiger partial charge in [0.1, 0.15) is 17.1 Å². The predicted molar refractivity (Wildman–Crippen MR) is 122 cm³/mol. The fourth-order valence-corrected chi connectivity index (χ4v) is 3.75. The summed E-state index contributed by atoms with van der Waals surface area (Å²) in [7, 11) is 3.31. The minimum Gasteiger partial charge on any atom is -0.493 e. The summed E-state index contributed by atoms with van der Waals surface area (Å²) in [4.78, 5) is 27.1. The van der Waals surface area contributed by atoms with E-state index in [0.29, 0.717) is 18.4 Å². The molecule has 0 spiro atoms. The van der Waals surface area contributed by atoms with Crippen molar-refractivity contribution in [3.8, 4) is 5.75 Å². The van der Waals surface area contributed by atoms with Gasteiger partial charge in [-0.05, 0) is 50.2 Å². The summed E-state index contributed by atoms with van der Waals surface area (Å²) in [5.41, 5.74) is 0.299. The maximum Gasteiger partial charge on any atom is 0.285 e. The molecule has 0 aliphatic carbocycles. The Labute approximate surface area is 187 Å². The Bertz CT molecular complexity index is 984. The number of rotatable bonds is 9. The number of nitro benzene ring substituents is 1. The van der Waals surface area contributed by atoms with Gasteiger partial charge in [0.2, 0.25) is 0 Å². The minimum absolute atomic E-state index is 0.0562. The van der Waals surface area contributed by atoms with Crippen molar-refractivity contribution in [1.29, 1.82) is 0 Å². The number of amides is 1. The summed E-state index contributed by atoms with van der Waals surface area (Å²) < 4.78 is 20.4. The first-order valence-electron chi connectivity index (χ1n) is 10.8. The predicted octanol–water partition coefficient (Wildman–Crippen LogP) is 3.99. The number of hydrogen-bond donors (Lipinski definition) is 1. The number of nitrogens with one attached hydrogen (secondary N) is 1. The molecule has 1 aliphatic heterocycles. The van der Waals surface area contributed by atoms with Gasteiger partial charge in [0.05, 0.1) is 23.3 Å². The van der Waals surface area contributed by atoms with E-state index in [1.165, 1.54) is 37.4 Å². The van der Waals surface area contributed by atoms with Gasteiger partial charge in [-0.15, -0.1) is 0 Å². The molecule has 0 radical (unpaired) electrons. The molecular weight excluding hydrogens is 415 g/mol. The Hall–Kier alpha value is -3.20. The molecule has 1 aliphatic rings. The number of ether oxygens (including phenoxy) is 1. The number of halogens is 1. The van der Waals surface area contributed by atoms with Gasteiger partial charge in [0.15, 0.2) is 0 Å². The number of carbonyl (C=O) groups is 1. The van der Waals surface area contributed by atoms with Crippen molar-refractivity contribution in [3.63, 3.8) is 0 Å². The Balaban J connectivity index is 1.81. The number of nitro groups is 1. The molecule has 0 bridgehead atoms. The highest BCUT2D eigenvalue weighted by Crippen LogP contribution is 2.30. The van der Waals surface area contributed by atoms with Gasteiger partial charge in [-0.1, -0.05) is 13.3 Å². The maximum atomic E-state index is 14.9. The average Bonchev–Trinajstić information content (AvgIpc) is 3.27. The van der Waals surface area contributed by atoms with E-state index in [9.17, 15) is 19.3 Å². The van der Waals surface area contributed by atoms with Crippen LogP contribution in [0.1, 0.15) is 36.5 Å². The Morgan fingerprint density at radius 3 is 2.75 bits per heavy atom. The molecule has 2 aromatic rings. The SMILES string of the molecule is CCCCOc1ccc(C(=O)N(C)c2ccc(N3CCC(NC)C3)cc2F)c([N+](=O)[O-])c1. The number of nitrogens with zero attached hydrogens (tertiary/aromatic N) is 3. The van der Waals surface area contributed by atoms with Crippen LogP contribution in [0.2, 0.25) is 0 Å². The van der Waals surface area contributed by atoms with Crippen LogP contribution in [0.4, 0.5) is 21.5 Å². The van der Waals surface area contributed by atoms with Crippen LogP contribution in [0.25, 0.3) is 0 Å². The lowest BCUT2D eigenvalue weighted by Gasteiger charge is -2.22. The summed E-state index contributed by atoms with van der Waals surface area (Å²) in [6.45, 7) is 4.05. The van der Waals surface area contributed by atoms with Gasteiger partial charge in [0, 0.05) is 31.9 Å². The highest BCUT2D eigenvalue weighted by molar-refractivity contribution is 6.08. The maximum absolute atomic E-state index is 14.9. The van der Waals surface area contributed by atoms with Crippen molar-refractivity contribution < 1.29 is 18.8 Å². The summed E-state index contributed by atoms with van der Waals surface area (Å²) in [6.07, 6.45) is 2.72. The molecule has 0 saturated carbocycles. The molecule has 32 heavy (non-hydrogen) atoms. The normalized spacial score (nSPS) is 15.6. The molecule has 8 nitrogen and oxygen atoms in total. The van der Waals surface area contributed by atoms with Crippen LogP contribution in [0.5, 0.6) is 5.75 Å². The zero-order chi connectivity index (χ0) is 23.3. The van der Waals surface area contributed by atoms with Gasteiger partial charge in [-0.3, -0.25) is 14.9 Å². The van der Waals surface area contributed by atoms with E-state index in [4.69, 9.17) is 4.74 Å². The van der Waals surface area contributed by atoms with Crippen molar-refractivity contribution in [1.82, 2.24) is 5.32 Å². The van der Waals surface area contributed by atoms with Crippen LogP contribution < -0.4 is 19.9 Å². The average molecular weight is 445 g/mol. The van der Waals surface area contributed by atoms with E-state index < -0.39 is 16.6 Å². The smallest absolute Gasteiger partial charge is 0.285 e. The molecule has 9 heteroatoms. The van der Waals surface area contributed by atoms with Crippen molar-refractivity contribution >= 4 is 23.0 Å². The third kappa shape index (κ3) is 5.16. The molecule has 2 aromatic carbocycles. The second kappa shape index (κ2) is 10.4. The Morgan fingerprint density at radius 1 is 1.34 bits per heavy atom. The number of unbranched alkanes of at least 4 members (excludes halogenated alkanes) is 1. The quantitative estimate of drug-likeness (QED) is 0.358. The number of benzene rings is 2. The van der Waals surface area contributed by atoms with Gasteiger partial charge < -0.3 is 19.9 Å². The van der Waals surface area contributed by atoms with Gasteiger partial charge in [0.25, 0.3) is 11.6 Å². The number of hydrogen-bond acceptors (Lipinski definition) is 6. The molecular formula is C23H29FN4O4. The standard InChI is InChI=1S/C23H29FN4O4/c1-4-5-12-32-18-7-8-19(22(14-18)28(30)31)23(29)26(3)21-9-6-17(13-20(21)24)27-11-10-16(15-27)25-2/h6-9,13-14,16,25H,4-5,10-12,15H2,1-3H3. The molecule has 1 atom stereocenters. The third-order valence-corrected chi connectivity index (χ3v) is 5.72. The van der Waals surface area contributed by atoms with Crippen LogP contribution >= 0.6 is 0 Å². The monoisotopic (exact) mass is 444 g/mol. The van der Waals surface area contributed by atoms with Crippen LogP contribution in [-0.4, -0.2) is 50.7 Å². The molecule has 172 valence electrons.